The summed E-state index contributed by atoms with van der Waals surface area (Å²) >= 11 is 0. The van der Waals surface area contributed by atoms with Gasteiger partial charge in [-0.1, -0.05) is 0 Å². The fraction of sp³-hybridized carbons (Fsp3) is 0.167. The van der Waals surface area contributed by atoms with Crippen LogP contribution in [0.2, 0.25) is 0 Å². The molecule has 0 saturated heterocycles. The standard InChI is InChI=1S/C14H16N2.2C5H5.2ClH.2Fe/c1-2-6-13(5-1)11-15-9-10-16-12-14-7-3-4-8-14;2*1-2-4-5-3-1;;;;/h1-8H,9-12H2;2*1-5H;2*1H;;/q-2;;;;;2*+2/p-2. The van der Waals surface area contributed by atoms with Gasteiger partial charge in [0.1, 0.15) is 0 Å². The molecule has 0 bridgehead atoms. The van der Waals surface area contributed by atoms with Crippen molar-refractivity contribution in [3.63, 3.8) is 0 Å². The molecule has 6 heteroatoms. The van der Waals surface area contributed by atoms with Crippen LogP contribution in [0.5, 0.6) is 0 Å². The van der Waals surface area contributed by atoms with Gasteiger partial charge in [-0.05, 0) is 127 Å². The van der Waals surface area contributed by atoms with Gasteiger partial charge in [0.05, 0.1) is 0 Å². The van der Waals surface area contributed by atoms with Gasteiger partial charge in [0.25, 0.3) is 0 Å². The van der Waals surface area contributed by atoms with Gasteiger partial charge in [-0.15, -0.1) is 13.1 Å². The SMILES string of the molecule is [CH]1[CH][CH][CH][CH]1.[CH]1[CH][CH][CH][CH]1.[CH]1[CH][CH][C](C[N-]CC[N-]C[C]2[CH][CH][CH][CH]2)[CH]1.[Cl-].[Cl-].[Fe+2].[Fe+2]. The third kappa shape index (κ3) is 20.2. The molecular weight excluding hydrogens is 499 g/mol. The molecule has 4 aliphatic rings. The van der Waals surface area contributed by atoms with Crippen LogP contribution in [0.3, 0.4) is 0 Å². The van der Waals surface area contributed by atoms with E-state index in [4.69, 9.17) is 0 Å². The Labute approximate surface area is 222 Å². The van der Waals surface area contributed by atoms with Crippen LogP contribution in [0.1, 0.15) is 0 Å². The van der Waals surface area contributed by atoms with Crippen LogP contribution in [0.15, 0.2) is 0 Å². The third-order valence-corrected chi connectivity index (χ3v) is 3.58. The predicted octanol–water partition coefficient (Wildman–Crippen LogP) is -1.41. The largest absolute Gasteiger partial charge is 2.00 e. The van der Waals surface area contributed by atoms with Gasteiger partial charge in [0, 0.05) is 0 Å². The summed E-state index contributed by atoms with van der Waals surface area (Å²) in [6.07, 6.45) is 36.6. The zero-order valence-corrected chi connectivity index (χ0v) is 20.3. The predicted molar refractivity (Wildman–Crippen MR) is 110 cm³/mol. The molecule has 4 fully saturated rings. The topological polar surface area (TPSA) is 28.2 Å². The fourth-order valence-electron chi connectivity index (χ4n) is 2.24. The first-order valence-corrected chi connectivity index (χ1v) is 8.96. The first kappa shape index (κ1) is 36.1. The third-order valence-electron chi connectivity index (χ3n) is 3.58. The Kier molecular flexibility index (Phi) is 32.2. The van der Waals surface area contributed by atoms with E-state index >= 15 is 0 Å². The molecule has 0 N–H and O–H groups in total. The average Bonchev–Trinajstić information content (AvgIpc) is 3.48. The summed E-state index contributed by atoms with van der Waals surface area (Å²) in [5.74, 6) is 2.58. The van der Waals surface area contributed by atoms with Crippen LogP contribution in [-0.4, -0.2) is 26.2 Å². The number of hydrogen-bond acceptors (Lipinski definition) is 0. The molecule has 0 aromatic carbocycles. The van der Waals surface area contributed by atoms with Crippen LogP contribution in [-0.2, 0) is 34.1 Å². The van der Waals surface area contributed by atoms with Crippen molar-refractivity contribution in [1.82, 2.24) is 0 Å². The molecule has 4 aliphatic carbocycles. The molecule has 30 heavy (non-hydrogen) atoms. The summed E-state index contributed by atoms with van der Waals surface area (Å²) in [4.78, 5) is 0. The molecule has 4 saturated carbocycles. The Hall–Kier alpha value is 1.54. The van der Waals surface area contributed by atoms with E-state index in [-0.39, 0.29) is 59.0 Å². The van der Waals surface area contributed by atoms with Crippen molar-refractivity contribution in [2.75, 3.05) is 26.2 Å². The Morgan fingerprint density at radius 1 is 0.400 bits per heavy atom. The van der Waals surface area contributed by atoms with Crippen LogP contribution >= 0.6 is 0 Å². The first-order chi connectivity index (χ1) is 12.9. The second-order valence-electron chi connectivity index (χ2n) is 5.72. The normalized spacial score (nSPS) is 20.4. The van der Waals surface area contributed by atoms with Crippen molar-refractivity contribution >= 4 is 0 Å². The van der Waals surface area contributed by atoms with Gasteiger partial charge in [0.2, 0.25) is 0 Å². The van der Waals surface area contributed by atoms with E-state index in [2.05, 4.69) is 36.3 Å². The summed E-state index contributed by atoms with van der Waals surface area (Å²) in [6.45, 7) is 3.29. The smallest absolute Gasteiger partial charge is 1.00 e. The molecule has 0 heterocycles. The van der Waals surface area contributed by atoms with E-state index in [0.717, 1.165) is 26.2 Å². The molecule has 0 spiro atoms. The van der Waals surface area contributed by atoms with Crippen molar-refractivity contribution in [1.29, 1.82) is 0 Å². The number of rotatable bonds is 7. The maximum absolute atomic E-state index is 4.44. The van der Waals surface area contributed by atoms with E-state index in [1.54, 1.807) is 0 Å². The van der Waals surface area contributed by atoms with Crippen molar-refractivity contribution in [3.8, 4) is 0 Å². The maximum atomic E-state index is 4.44. The zero-order chi connectivity index (χ0) is 18.1. The van der Waals surface area contributed by atoms with E-state index in [9.17, 15) is 0 Å². The van der Waals surface area contributed by atoms with Crippen LogP contribution in [0, 0.1) is 127 Å². The molecule has 0 amide bonds. The number of nitrogens with zero attached hydrogens (tertiary/aromatic N) is 2. The van der Waals surface area contributed by atoms with E-state index < -0.39 is 0 Å². The quantitative estimate of drug-likeness (QED) is 0.289. The average molecular weight is 525 g/mol. The zero-order valence-electron chi connectivity index (χ0n) is 16.6. The molecule has 0 aliphatic heterocycles. The molecule has 162 valence electrons. The Morgan fingerprint density at radius 2 is 0.633 bits per heavy atom. The molecule has 0 unspecified atom stereocenters. The Morgan fingerprint density at radius 3 is 0.867 bits per heavy atom. The van der Waals surface area contributed by atoms with E-state index in [1.165, 1.54) is 11.8 Å². The molecule has 20 radical (unpaired) electrons. The van der Waals surface area contributed by atoms with Crippen molar-refractivity contribution in [2.24, 2.45) is 0 Å². The molecule has 0 aromatic heterocycles. The van der Waals surface area contributed by atoms with Gasteiger partial charge in [-0.3, -0.25) is 0 Å². The summed E-state index contributed by atoms with van der Waals surface area (Å²) in [7, 11) is 0. The minimum Gasteiger partial charge on any atom is -1.00 e. The second-order valence-corrected chi connectivity index (χ2v) is 5.72. The van der Waals surface area contributed by atoms with Crippen LogP contribution < -0.4 is 24.8 Å². The van der Waals surface area contributed by atoms with Gasteiger partial charge >= 0.3 is 34.1 Å². The molecular formula is C24H26Cl2Fe2N2. The molecule has 4 rings (SSSR count). The second kappa shape index (κ2) is 26.8. The maximum Gasteiger partial charge on any atom is 2.00 e. The minimum atomic E-state index is 0. The Balaban J connectivity index is -0.000000436. The summed E-state index contributed by atoms with van der Waals surface area (Å²) in [5.41, 5.74) is 0. The van der Waals surface area contributed by atoms with Gasteiger partial charge in [-0.25, -0.2) is 0 Å². The summed E-state index contributed by atoms with van der Waals surface area (Å²) < 4.78 is 0. The van der Waals surface area contributed by atoms with E-state index in [0.29, 0.717) is 0 Å². The van der Waals surface area contributed by atoms with E-state index in [1.807, 2.05) is 89.9 Å². The van der Waals surface area contributed by atoms with Crippen molar-refractivity contribution < 1.29 is 59.0 Å². The minimum absolute atomic E-state index is 0. The van der Waals surface area contributed by atoms with Gasteiger partial charge in [-0.2, -0.15) is 13.1 Å². The molecule has 0 atom stereocenters. The first-order valence-electron chi connectivity index (χ1n) is 8.96. The summed E-state index contributed by atoms with van der Waals surface area (Å²) in [6, 6.07) is 0. The van der Waals surface area contributed by atoms with Gasteiger partial charge < -0.3 is 35.4 Å². The monoisotopic (exact) mass is 524 g/mol. The Bertz CT molecular complexity index is 260. The number of halogens is 2. The molecule has 2 nitrogen and oxygen atoms in total. The van der Waals surface area contributed by atoms with Crippen molar-refractivity contribution in [2.45, 2.75) is 0 Å². The van der Waals surface area contributed by atoms with Gasteiger partial charge in [0.15, 0.2) is 0 Å². The van der Waals surface area contributed by atoms with Crippen LogP contribution in [0.25, 0.3) is 10.6 Å². The molecule has 0 aromatic rings. The number of hydrogen-bond donors (Lipinski definition) is 0. The van der Waals surface area contributed by atoms with Crippen LogP contribution in [0.4, 0.5) is 0 Å². The fourth-order valence-corrected chi connectivity index (χ4v) is 2.24. The van der Waals surface area contributed by atoms with Crippen molar-refractivity contribution in [3.05, 3.63) is 138 Å². The summed E-state index contributed by atoms with van der Waals surface area (Å²) in [5, 5.41) is 8.88.